The average Bonchev–Trinajstić information content (AvgIpc) is 3.62. The third-order valence-corrected chi connectivity index (χ3v) is 12.7. The Hall–Kier alpha value is -5.35. The van der Waals surface area contributed by atoms with Crippen molar-refractivity contribution in [2.24, 2.45) is 5.92 Å². The molecule has 4 aromatic rings. The fraction of sp³-hybridized carbons (Fsp3) is 0.488. The molecule has 2 aromatic carbocycles. The molecule has 1 unspecified atom stereocenters. The van der Waals surface area contributed by atoms with Crippen molar-refractivity contribution in [2.75, 3.05) is 45.0 Å². The molecule has 3 atom stereocenters. The minimum Gasteiger partial charge on any atom is -0.444 e. The molecular weight excluding hydrogens is 778 g/mol. The van der Waals surface area contributed by atoms with E-state index in [4.69, 9.17) is 20.2 Å². The minimum atomic E-state index is -1.29. The van der Waals surface area contributed by atoms with E-state index in [9.17, 15) is 28.7 Å². The smallest absolute Gasteiger partial charge is 0.410 e. The van der Waals surface area contributed by atoms with Crippen LogP contribution in [-0.4, -0.2) is 103 Å². The molecule has 5 heterocycles. The lowest BCUT2D eigenvalue weighted by atomic mass is 9.79. The molecule has 0 bridgehead atoms. The Kier molecular flexibility index (Phi) is 12.1. The van der Waals surface area contributed by atoms with Gasteiger partial charge in [-0.15, -0.1) is 11.3 Å². The van der Waals surface area contributed by atoms with E-state index in [0.717, 1.165) is 23.4 Å². The molecule has 3 N–H and O–H groups in total. The summed E-state index contributed by atoms with van der Waals surface area (Å²) in [5.41, 5.74) is 5.00. The van der Waals surface area contributed by atoms with E-state index < -0.39 is 22.6 Å². The molecule has 14 nitrogen and oxygen atoms in total. The summed E-state index contributed by atoms with van der Waals surface area (Å²) in [7, 11) is 0. The number of piperidine rings is 3. The number of hydrogen-bond donors (Lipinski definition) is 2. The molecule has 0 aliphatic carbocycles. The average molecular weight is 830 g/mol. The number of aryl methyl sites for hydroxylation is 1. The number of carbonyl (C=O) groups excluding carboxylic acids is 3. The highest BCUT2D eigenvalue weighted by molar-refractivity contribution is 7.13. The summed E-state index contributed by atoms with van der Waals surface area (Å²) in [4.78, 5) is 69.5. The number of thiazole rings is 1. The van der Waals surface area contributed by atoms with E-state index in [0.29, 0.717) is 43.2 Å². The van der Waals surface area contributed by atoms with E-state index in [-0.39, 0.29) is 85.5 Å². The first kappa shape index (κ1) is 41.8. The Morgan fingerprint density at radius 1 is 0.966 bits per heavy atom. The van der Waals surface area contributed by atoms with Gasteiger partial charge in [0.25, 0.3) is 11.5 Å². The van der Waals surface area contributed by atoms with E-state index >= 15 is 0 Å². The van der Waals surface area contributed by atoms with Crippen LogP contribution in [-0.2, 0) is 16.1 Å². The first-order valence-corrected chi connectivity index (χ1v) is 21.0. The predicted octanol–water partition coefficient (Wildman–Crippen LogP) is 5.94. The largest absolute Gasteiger partial charge is 0.444 e. The second-order valence-corrected chi connectivity index (χ2v) is 17.9. The lowest BCUT2D eigenvalue weighted by molar-refractivity contribution is -0.142. The summed E-state index contributed by atoms with van der Waals surface area (Å²) >= 11 is 1.39. The number of aromatic nitrogens is 3. The summed E-state index contributed by atoms with van der Waals surface area (Å²) in [6.45, 7) is 9.77. The van der Waals surface area contributed by atoms with Crippen LogP contribution in [0.1, 0.15) is 90.6 Å². The Labute approximate surface area is 346 Å². The van der Waals surface area contributed by atoms with Crippen LogP contribution < -0.4 is 16.0 Å². The van der Waals surface area contributed by atoms with Crippen molar-refractivity contribution in [3.05, 3.63) is 98.2 Å². The highest BCUT2D eigenvalue weighted by Crippen LogP contribution is 2.38. The van der Waals surface area contributed by atoms with Crippen molar-refractivity contribution < 1.29 is 33.4 Å². The second kappa shape index (κ2) is 17.1. The third-order valence-electron chi connectivity index (χ3n) is 11.4. The number of hydrogen-bond acceptors (Lipinski definition) is 11. The topological polar surface area (TPSA) is 173 Å². The molecule has 59 heavy (non-hydrogen) atoms. The number of aliphatic hydroxyl groups is 1. The SMILES string of the molecule is Cc1nc(C2CCCN(C(=O)OC(C)(C)C)C2)sc1C(=O)N1CC[C@@H](C(=O)N2CCC(O)(Cn3cnc(Oc4ccc(F)cc4)c(N)c3=O)CC2)[C@H](c2ccccc2)C1. The molecule has 3 amide bonds. The lowest BCUT2D eigenvalue weighted by Crippen LogP contribution is -2.53. The Morgan fingerprint density at radius 2 is 1.68 bits per heavy atom. The van der Waals surface area contributed by atoms with Crippen molar-refractivity contribution in [1.29, 1.82) is 0 Å². The first-order chi connectivity index (χ1) is 28.1. The number of rotatable bonds is 8. The zero-order valence-corrected chi connectivity index (χ0v) is 34.8. The Balaban J connectivity index is 0.994. The van der Waals surface area contributed by atoms with Gasteiger partial charge in [0.05, 0.1) is 22.8 Å². The van der Waals surface area contributed by atoms with E-state index in [2.05, 4.69) is 4.98 Å². The number of nitrogen functional groups attached to an aromatic ring is 1. The van der Waals surface area contributed by atoms with Gasteiger partial charge in [0.1, 0.15) is 28.4 Å². The fourth-order valence-electron chi connectivity index (χ4n) is 8.23. The monoisotopic (exact) mass is 829 g/mol. The van der Waals surface area contributed by atoms with Gasteiger partial charge in [-0.1, -0.05) is 30.3 Å². The summed E-state index contributed by atoms with van der Waals surface area (Å²) in [5.74, 6) is -1.06. The number of anilines is 1. The zero-order chi connectivity index (χ0) is 42.1. The molecule has 3 aliphatic rings. The van der Waals surface area contributed by atoms with Crippen LogP contribution in [0.4, 0.5) is 14.9 Å². The van der Waals surface area contributed by atoms with Gasteiger partial charge in [0, 0.05) is 57.0 Å². The maximum atomic E-state index is 14.3. The number of amides is 3. The molecular formula is C43H52FN7O7S. The molecule has 7 rings (SSSR count). The second-order valence-electron chi connectivity index (χ2n) is 16.9. The van der Waals surface area contributed by atoms with Crippen molar-refractivity contribution >= 4 is 34.9 Å². The highest BCUT2D eigenvalue weighted by atomic mass is 32.1. The van der Waals surface area contributed by atoms with Crippen LogP contribution in [0.2, 0.25) is 0 Å². The van der Waals surface area contributed by atoms with E-state index in [1.807, 2.05) is 62.9 Å². The molecule has 0 radical (unpaired) electrons. The van der Waals surface area contributed by atoms with Crippen LogP contribution >= 0.6 is 11.3 Å². The summed E-state index contributed by atoms with van der Waals surface area (Å²) in [6, 6.07) is 15.0. The summed E-state index contributed by atoms with van der Waals surface area (Å²) in [5, 5.41) is 12.4. The molecule has 3 saturated heterocycles. The Morgan fingerprint density at radius 3 is 2.37 bits per heavy atom. The first-order valence-electron chi connectivity index (χ1n) is 20.2. The molecule has 3 fully saturated rings. The van der Waals surface area contributed by atoms with Crippen LogP contribution in [0.5, 0.6) is 11.6 Å². The number of halogens is 1. The van der Waals surface area contributed by atoms with Crippen molar-refractivity contribution in [2.45, 2.75) is 89.4 Å². The summed E-state index contributed by atoms with van der Waals surface area (Å²) in [6.07, 6.45) is 3.54. The van der Waals surface area contributed by atoms with E-state index in [1.54, 1.807) is 9.80 Å². The molecule has 16 heteroatoms. The van der Waals surface area contributed by atoms with Crippen molar-refractivity contribution in [3.63, 3.8) is 0 Å². The predicted molar refractivity (Wildman–Crippen MR) is 220 cm³/mol. The van der Waals surface area contributed by atoms with Crippen LogP contribution in [0.25, 0.3) is 0 Å². The van der Waals surface area contributed by atoms with Crippen LogP contribution in [0.15, 0.2) is 65.7 Å². The maximum Gasteiger partial charge on any atom is 0.410 e. The van der Waals surface area contributed by atoms with Crippen LogP contribution in [0, 0.1) is 18.7 Å². The minimum absolute atomic E-state index is 0.00840. The van der Waals surface area contributed by atoms with E-state index in [1.165, 1.54) is 46.5 Å². The lowest BCUT2D eigenvalue weighted by Gasteiger charge is -2.43. The van der Waals surface area contributed by atoms with Crippen molar-refractivity contribution in [3.8, 4) is 11.6 Å². The number of ether oxygens (including phenoxy) is 2. The normalized spacial score (nSPS) is 20.9. The van der Waals surface area contributed by atoms with Crippen molar-refractivity contribution in [1.82, 2.24) is 29.2 Å². The molecule has 2 aromatic heterocycles. The molecule has 0 spiro atoms. The number of likely N-dealkylation sites (tertiary alicyclic amines) is 3. The number of nitrogens with zero attached hydrogens (tertiary/aromatic N) is 6. The van der Waals surface area contributed by atoms with Gasteiger partial charge in [-0.05, 0) is 89.6 Å². The van der Waals surface area contributed by atoms with Gasteiger partial charge in [-0.25, -0.2) is 19.2 Å². The van der Waals surface area contributed by atoms with Gasteiger partial charge in [0.2, 0.25) is 11.8 Å². The van der Waals surface area contributed by atoms with Gasteiger partial charge < -0.3 is 35.0 Å². The standard InChI is InChI=1S/C43H52FN7O7S/c1-27-35(59-37(47-27)29-11-8-19-50(23-29)41(55)58-42(2,3)4)40(54)49-20-16-32(33(24-49)28-9-6-5-7-10-28)38(52)48-21-17-43(56,18-22-48)25-51-26-46-36(34(45)39(51)53)57-31-14-12-30(44)13-15-31/h5-7,9-10,12-15,26,29,32-33,56H,8,11,16-25,45H2,1-4H3/t29?,32-,33+/m1/s1. The molecule has 314 valence electrons. The summed E-state index contributed by atoms with van der Waals surface area (Å²) < 4.78 is 25.8. The molecule has 0 saturated carbocycles. The number of benzene rings is 2. The number of carbonyl (C=O) groups is 3. The number of nitrogens with two attached hydrogens (primary N) is 1. The van der Waals surface area contributed by atoms with Gasteiger partial charge in [-0.2, -0.15) is 0 Å². The Bertz CT molecular complexity index is 2220. The van der Waals surface area contributed by atoms with Crippen LogP contribution in [0.3, 0.4) is 0 Å². The molecule has 3 aliphatic heterocycles. The fourth-order valence-corrected chi connectivity index (χ4v) is 9.39. The zero-order valence-electron chi connectivity index (χ0n) is 33.9. The van der Waals surface area contributed by atoms with Gasteiger partial charge in [0.15, 0.2) is 5.69 Å². The highest BCUT2D eigenvalue weighted by Gasteiger charge is 2.42. The maximum absolute atomic E-state index is 14.3. The van der Waals surface area contributed by atoms with Gasteiger partial charge in [-0.3, -0.25) is 19.0 Å². The third kappa shape index (κ3) is 9.59. The quantitative estimate of drug-likeness (QED) is 0.217. The van der Waals surface area contributed by atoms with Gasteiger partial charge >= 0.3 is 6.09 Å².